The van der Waals surface area contributed by atoms with Gasteiger partial charge in [0, 0.05) is 28.2 Å². The predicted molar refractivity (Wildman–Crippen MR) is 124 cm³/mol. The van der Waals surface area contributed by atoms with E-state index in [0.717, 1.165) is 6.07 Å². The lowest BCUT2D eigenvalue weighted by Gasteiger charge is -2.15. The predicted octanol–water partition coefficient (Wildman–Crippen LogP) is 7.29. The van der Waals surface area contributed by atoms with Gasteiger partial charge in [0.05, 0.1) is 26.4 Å². The maximum atomic E-state index is 14.6. The first-order chi connectivity index (χ1) is 16.1. The van der Waals surface area contributed by atoms with Crippen LogP contribution in [0.5, 0.6) is 5.75 Å². The number of aromatic amines is 1. The number of aromatic nitrogens is 2. The summed E-state index contributed by atoms with van der Waals surface area (Å²) in [7, 11) is -1.28. The maximum absolute atomic E-state index is 14.6. The molecule has 0 saturated carbocycles. The fraction of sp³-hybridized carbons (Fsp3) is 0.174. The van der Waals surface area contributed by atoms with Gasteiger partial charge in [-0.05, 0) is 29.8 Å². The summed E-state index contributed by atoms with van der Waals surface area (Å²) >= 11 is 12.9. The quantitative estimate of drug-likeness (QED) is 0.266. The van der Waals surface area contributed by atoms with Crippen molar-refractivity contribution >= 4 is 45.0 Å². The molecule has 0 radical (unpaired) electrons. The highest BCUT2D eigenvalue weighted by Crippen LogP contribution is 2.44. The Morgan fingerprint density at radius 3 is 2.53 bits per heavy atom. The largest absolute Gasteiger partial charge is 0.573 e. The van der Waals surface area contributed by atoms with Crippen LogP contribution in [0, 0.1) is 5.82 Å². The van der Waals surface area contributed by atoms with Gasteiger partial charge in [-0.25, -0.2) is 9.37 Å². The second-order valence-corrected chi connectivity index (χ2v) is 9.76. The molecule has 4 rings (SSSR count). The van der Waals surface area contributed by atoms with Crippen LogP contribution >= 0.6 is 23.2 Å². The number of hydrogen-bond acceptors (Lipinski definition) is 3. The summed E-state index contributed by atoms with van der Waals surface area (Å²) in [5.74, 6) is -0.238. The Balaban J connectivity index is 1.74. The van der Waals surface area contributed by atoms with Crippen LogP contribution in [0.15, 0.2) is 53.4 Å². The monoisotopic (exact) mass is 530 g/mol. The molecule has 0 aliphatic rings. The minimum Gasteiger partial charge on any atom is -0.405 e. The molecule has 11 heteroatoms. The number of nitrogens with zero attached hydrogens (tertiary/aromatic N) is 1. The summed E-state index contributed by atoms with van der Waals surface area (Å²) in [6, 6.07) is 11.4. The molecule has 1 N–H and O–H groups in total. The number of benzene rings is 3. The van der Waals surface area contributed by atoms with Gasteiger partial charge in [0.15, 0.2) is 0 Å². The molecule has 4 nitrogen and oxygen atoms in total. The molecular formula is C23H16Cl2F4N2O2S. The fourth-order valence-electron chi connectivity index (χ4n) is 3.51. The van der Waals surface area contributed by atoms with E-state index in [1.807, 2.05) is 0 Å². The van der Waals surface area contributed by atoms with Crippen LogP contribution in [0.4, 0.5) is 17.6 Å². The van der Waals surface area contributed by atoms with Crippen molar-refractivity contribution in [3.8, 4) is 16.9 Å². The minimum atomic E-state index is -4.90. The van der Waals surface area contributed by atoms with Gasteiger partial charge in [0.25, 0.3) is 0 Å². The Labute approximate surface area is 204 Å². The summed E-state index contributed by atoms with van der Waals surface area (Å²) in [6.45, 7) is 1.74. The van der Waals surface area contributed by atoms with Gasteiger partial charge in [-0.3, -0.25) is 4.21 Å². The molecule has 0 spiro atoms. The standard InChI is InChI=1S/C23H16Cl2F4N2O2S/c1-2-34(32)13-8-7-12(16(26)10-13)9-19-30-17-11-15(24)20(21(25)22(17)31-19)14-5-3-4-6-18(14)33-23(27,28)29/h3-8,10-11H,2,9H2,1H3,(H,30,31). The Morgan fingerprint density at radius 2 is 1.85 bits per heavy atom. The summed E-state index contributed by atoms with van der Waals surface area (Å²) in [5, 5.41) is 0.112. The van der Waals surface area contributed by atoms with Crippen molar-refractivity contribution in [3.63, 3.8) is 0 Å². The van der Waals surface area contributed by atoms with Crippen LogP contribution in [-0.4, -0.2) is 26.3 Å². The van der Waals surface area contributed by atoms with Crippen LogP contribution in [-0.2, 0) is 17.2 Å². The van der Waals surface area contributed by atoms with E-state index in [-0.39, 0.29) is 33.1 Å². The van der Waals surface area contributed by atoms with Crippen LogP contribution < -0.4 is 4.74 Å². The second kappa shape index (κ2) is 9.56. The number of hydrogen-bond donors (Lipinski definition) is 1. The van der Waals surface area contributed by atoms with Gasteiger partial charge < -0.3 is 9.72 Å². The highest BCUT2D eigenvalue weighted by Gasteiger charge is 2.33. The Morgan fingerprint density at radius 1 is 1.12 bits per heavy atom. The van der Waals surface area contributed by atoms with Gasteiger partial charge in [0.2, 0.25) is 0 Å². The number of para-hydroxylation sites is 1. The molecule has 0 saturated heterocycles. The van der Waals surface area contributed by atoms with E-state index in [1.54, 1.807) is 13.0 Å². The summed E-state index contributed by atoms with van der Waals surface area (Å²) in [6.07, 6.45) is -4.82. The molecule has 1 heterocycles. The zero-order valence-electron chi connectivity index (χ0n) is 17.5. The molecule has 0 amide bonds. The molecule has 178 valence electrons. The lowest BCUT2D eigenvalue weighted by Crippen LogP contribution is -2.17. The van der Waals surface area contributed by atoms with Crippen molar-refractivity contribution in [3.05, 3.63) is 75.8 Å². The van der Waals surface area contributed by atoms with Gasteiger partial charge in [-0.15, -0.1) is 13.2 Å². The smallest absolute Gasteiger partial charge is 0.405 e. The molecule has 34 heavy (non-hydrogen) atoms. The van der Waals surface area contributed by atoms with Crippen molar-refractivity contribution in [1.29, 1.82) is 0 Å². The zero-order valence-corrected chi connectivity index (χ0v) is 19.8. The molecule has 0 fully saturated rings. The van der Waals surface area contributed by atoms with E-state index < -0.39 is 28.7 Å². The van der Waals surface area contributed by atoms with Gasteiger partial charge in [0.1, 0.15) is 22.9 Å². The molecule has 3 aromatic carbocycles. The molecule has 4 aromatic rings. The molecule has 1 aromatic heterocycles. The van der Waals surface area contributed by atoms with E-state index in [1.165, 1.54) is 36.4 Å². The van der Waals surface area contributed by atoms with Crippen LogP contribution in [0.1, 0.15) is 18.3 Å². The van der Waals surface area contributed by atoms with Crippen molar-refractivity contribution in [1.82, 2.24) is 9.97 Å². The molecule has 0 aliphatic carbocycles. The summed E-state index contributed by atoms with van der Waals surface area (Å²) in [5.41, 5.74) is 1.20. The first-order valence-electron chi connectivity index (χ1n) is 9.96. The van der Waals surface area contributed by atoms with E-state index >= 15 is 0 Å². The Bertz CT molecular complexity index is 1410. The van der Waals surface area contributed by atoms with Crippen LogP contribution in [0.25, 0.3) is 22.2 Å². The van der Waals surface area contributed by atoms with Gasteiger partial charge in [-0.1, -0.05) is 54.4 Å². The topological polar surface area (TPSA) is 55.0 Å². The number of nitrogens with one attached hydrogen (secondary N) is 1. The van der Waals surface area contributed by atoms with Crippen molar-refractivity contribution in [2.24, 2.45) is 0 Å². The molecular weight excluding hydrogens is 515 g/mol. The van der Waals surface area contributed by atoms with E-state index in [0.29, 0.717) is 27.6 Å². The second-order valence-electron chi connectivity index (χ2n) is 7.24. The molecule has 1 unspecified atom stereocenters. The first-order valence-corrected chi connectivity index (χ1v) is 12.0. The number of imidazole rings is 1. The van der Waals surface area contributed by atoms with Gasteiger partial charge >= 0.3 is 6.36 Å². The molecule has 0 aliphatic heterocycles. The molecule has 1 atom stereocenters. The number of halogens is 6. The van der Waals surface area contributed by atoms with Crippen molar-refractivity contribution in [2.75, 3.05) is 5.75 Å². The van der Waals surface area contributed by atoms with E-state index in [9.17, 15) is 21.8 Å². The van der Waals surface area contributed by atoms with E-state index in [2.05, 4.69) is 14.7 Å². The number of alkyl halides is 3. The third kappa shape index (κ3) is 5.06. The van der Waals surface area contributed by atoms with Crippen molar-refractivity contribution < 1.29 is 26.5 Å². The van der Waals surface area contributed by atoms with Crippen molar-refractivity contribution in [2.45, 2.75) is 24.6 Å². The van der Waals surface area contributed by atoms with Crippen LogP contribution in [0.3, 0.4) is 0 Å². The average molecular weight is 531 g/mol. The fourth-order valence-corrected chi connectivity index (χ4v) is 5.00. The van der Waals surface area contributed by atoms with E-state index in [4.69, 9.17) is 23.2 Å². The summed E-state index contributed by atoms with van der Waals surface area (Å²) in [4.78, 5) is 7.83. The first kappa shape index (κ1) is 24.5. The third-order valence-corrected chi connectivity index (χ3v) is 6.98. The number of ether oxygens (including phenoxy) is 1. The highest BCUT2D eigenvalue weighted by molar-refractivity contribution is 7.85. The lowest BCUT2D eigenvalue weighted by molar-refractivity contribution is -0.274. The minimum absolute atomic E-state index is 0.0254. The Hall–Kier alpha value is -2.62. The number of H-pyrrole nitrogens is 1. The highest BCUT2D eigenvalue weighted by atomic mass is 35.5. The lowest BCUT2D eigenvalue weighted by atomic mass is 10.0. The van der Waals surface area contributed by atoms with Crippen LogP contribution in [0.2, 0.25) is 10.0 Å². The summed E-state index contributed by atoms with van der Waals surface area (Å²) < 4.78 is 69.2. The normalized spacial score (nSPS) is 12.8. The maximum Gasteiger partial charge on any atom is 0.573 e. The number of fused-ring (bicyclic) bond motifs is 1. The average Bonchev–Trinajstić information content (AvgIpc) is 3.17. The third-order valence-electron chi connectivity index (χ3n) is 5.01. The Kier molecular flexibility index (Phi) is 6.89. The SMILES string of the molecule is CCS(=O)c1ccc(Cc2nc3c(Cl)c(-c4ccccc4OC(F)(F)F)c(Cl)cc3[nH]2)c(F)c1. The number of rotatable bonds is 6. The zero-order chi connectivity index (χ0) is 24.6. The molecule has 0 bridgehead atoms. The van der Waals surface area contributed by atoms with Gasteiger partial charge in [-0.2, -0.15) is 0 Å².